The van der Waals surface area contributed by atoms with Crippen LogP contribution in [0.2, 0.25) is 0 Å². The van der Waals surface area contributed by atoms with E-state index < -0.39 is 23.4 Å². The van der Waals surface area contributed by atoms with Crippen LogP contribution >= 0.6 is 0 Å². The van der Waals surface area contributed by atoms with Gasteiger partial charge >= 0.3 is 0 Å². The van der Waals surface area contributed by atoms with Gasteiger partial charge in [0.05, 0.1) is 11.4 Å². The lowest BCUT2D eigenvalue weighted by atomic mass is 10.2. The first-order valence-corrected chi connectivity index (χ1v) is 6.67. The molecule has 2 amide bonds. The normalized spacial score (nSPS) is 10.8. The molecule has 0 radical (unpaired) electrons. The first-order valence-electron chi connectivity index (χ1n) is 6.67. The summed E-state index contributed by atoms with van der Waals surface area (Å²) in [6.45, 7) is 2.98. The van der Waals surface area contributed by atoms with Crippen molar-refractivity contribution in [3.05, 3.63) is 53.5 Å². The van der Waals surface area contributed by atoms with Crippen LogP contribution in [0.5, 0.6) is 0 Å². The zero-order valence-corrected chi connectivity index (χ0v) is 12.4. The van der Waals surface area contributed by atoms with Crippen molar-refractivity contribution in [2.75, 3.05) is 10.6 Å². The third-order valence-electron chi connectivity index (χ3n) is 2.79. The van der Waals surface area contributed by atoms with E-state index in [1.807, 2.05) is 0 Å². The number of rotatable bonds is 4. The summed E-state index contributed by atoms with van der Waals surface area (Å²) in [7, 11) is 0. The molecule has 2 N–H and O–H groups in total. The molecule has 23 heavy (non-hydrogen) atoms. The van der Waals surface area contributed by atoms with Gasteiger partial charge in [0, 0.05) is 25.1 Å². The van der Waals surface area contributed by atoms with E-state index in [9.17, 15) is 18.4 Å². The van der Waals surface area contributed by atoms with Gasteiger partial charge < -0.3 is 15.1 Å². The summed E-state index contributed by atoms with van der Waals surface area (Å²) >= 11 is 0. The maximum Gasteiger partial charge on any atom is 0.248 e. The molecule has 2 rings (SSSR count). The third kappa shape index (κ3) is 4.50. The maximum atomic E-state index is 13.3. The van der Waals surface area contributed by atoms with Gasteiger partial charge in [0.2, 0.25) is 11.8 Å². The van der Waals surface area contributed by atoms with Crippen molar-refractivity contribution in [3.8, 4) is 0 Å². The predicted molar refractivity (Wildman–Crippen MR) is 81.8 cm³/mol. The molecule has 7 heteroatoms. The highest BCUT2D eigenvalue weighted by molar-refractivity contribution is 6.05. The average Bonchev–Trinajstić information content (AvgIpc) is 2.87. The highest BCUT2D eigenvalue weighted by Gasteiger charge is 2.12. The lowest BCUT2D eigenvalue weighted by molar-refractivity contribution is -0.114. The highest BCUT2D eigenvalue weighted by atomic mass is 19.2. The molecule has 0 bridgehead atoms. The fourth-order valence-corrected chi connectivity index (χ4v) is 1.82. The number of hydrogen-bond donors (Lipinski definition) is 2. The van der Waals surface area contributed by atoms with Gasteiger partial charge in [-0.1, -0.05) is 0 Å². The van der Waals surface area contributed by atoms with Gasteiger partial charge in [-0.2, -0.15) is 0 Å². The van der Waals surface area contributed by atoms with Crippen LogP contribution in [-0.2, 0) is 9.59 Å². The summed E-state index contributed by atoms with van der Waals surface area (Å²) in [5.74, 6) is -2.17. The lowest BCUT2D eigenvalue weighted by Gasteiger charge is -2.11. The van der Waals surface area contributed by atoms with E-state index in [2.05, 4.69) is 10.6 Å². The molecule has 0 aliphatic heterocycles. The molecule has 1 aromatic carbocycles. The Morgan fingerprint density at radius 2 is 1.70 bits per heavy atom. The Balaban J connectivity index is 2.17. The van der Waals surface area contributed by atoms with Gasteiger partial charge in [-0.05, 0) is 25.1 Å². The van der Waals surface area contributed by atoms with E-state index >= 15 is 0 Å². The first kappa shape index (κ1) is 16.4. The van der Waals surface area contributed by atoms with Gasteiger partial charge in [0.25, 0.3) is 0 Å². The maximum absolute atomic E-state index is 13.3. The number of carbonyl (C=O) groups excluding carboxylic acids is 2. The standard InChI is InChI=1S/C16H14F2N2O3/c1-9-3-4-11(23-9)5-6-16(22)20-15-8-13(18)12(17)7-14(15)19-10(2)21/h3-8H,1-2H3,(H,19,21)(H,20,22). The Morgan fingerprint density at radius 1 is 1.09 bits per heavy atom. The van der Waals surface area contributed by atoms with Crippen LogP contribution in [0.25, 0.3) is 6.08 Å². The summed E-state index contributed by atoms with van der Waals surface area (Å²) in [6.07, 6.45) is 2.61. The fourth-order valence-electron chi connectivity index (χ4n) is 1.82. The van der Waals surface area contributed by atoms with Gasteiger partial charge in [0.1, 0.15) is 11.5 Å². The van der Waals surface area contributed by atoms with Crippen LogP contribution < -0.4 is 10.6 Å². The van der Waals surface area contributed by atoms with Crippen molar-refractivity contribution in [3.63, 3.8) is 0 Å². The summed E-state index contributed by atoms with van der Waals surface area (Å²) in [6, 6.07) is 5.01. The van der Waals surface area contributed by atoms with Crippen molar-refractivity contribution in [2.24, 2.45) is 0 Å². The van der Waals surface area contributed by atoms with E-state index in [1.54, 1.807) is 19.1 Å². The number of halogens is 2. The number of aryl methyl sites for hydroxylation is 1. The number of amides is 2. The predicted octanol–water partition coefficient (Wildman–Crippen LogP) is 3.48. The van der Waals surface area contributed by atoms with Gasteiger partial charge in [0.15, 0.2) is 11.6 Å². The Bertz CT molecular complexity index is 782. The first-order chi connectivity index (χ1) is 10.8. The zero-order valence-electron chi connectivity index (χ0n) is 12.4. The van der Waals surface area contributed by atoms with Crippen molar-refractivity contribution in [1.29, 1.82) is 0 Å². The van der Waals surface area contributed by atoms with Gasteiger partial charge in [-0.25, -0.2) is 8.78 Å². The fraction of sp³-hybridized carbons (Fsp3) is 0.125. The van der Waals surface area contributed by atoms with E-state index in [4.69, 9.17) is 4.42 Å². The van der Waals surface area contributed by atoms with Crippen molar-refractivity contribution in [2.45, 2.75) is 13.8 Å². The number of nitrogens with one attached hydrogen (secondary N) is 2. The Labute approximate surface area is 131 Å². The number of anilines is 2. The average molecular weight is 320 g/mol. The molecule has 1 heterocycles. The van der Waals surface area contributed by atoms with Crippen LogP contribution in [-0.4, -0.2) is 11.8 Å². The monoisotopic (exact) mass is 320 g/mol. The van der Waals surface area contributed by atoms with Gasteiger partial charge in [-0.3, -0.25) is 9.59 Å². The SMILES string of the molecule is CC(=O)Nc1cc(F)c(F)cc1NC(=O)C=Cc1ccc(C)o1. The largest absolute Gasteiger partial charge is 0.462 e. The summed E-state index contributed by atoms with van der Waals surface area (Å²) in [5, 5.41) is 4.69. The number of hydrogen-bond acceptors (Lipinski definition) is 3. The minimum Gasteiger partial charge on any atom is -0.462 e. The second-order valence-electron chi connectivity index (χ2n) is 4.76. The van der Waals surface area contributed by atoms with Crippen molar-refractivity contribution >= 4 is 29.3 Å². The molecule has 0 saturated carbocycles. The number of benzene rings is 1. The summed E-state index contributed by atoms with van der Waals surface area (Å²) in [5.41, 5.74) is -0.0867. The zero-order chi connectivity index (χ0) is 17.0. The Morgan fingerprint density at radius 3 is 2.22 bits per heavy atom. The van der Waals surface area contributed by atoms with Crippen molar-refractivity contribution < 1.29 is 22.8 Å². The third-order valence-corrected chi connectivity index (χ3v) is 2.79. The lowest BCUT2D eigenvalue weighted by Crippen LogP contribution is -2.13. The van der Waals surface area contributed by atoms with E-state index in [0.29, 0.717) is 11.5 Å². The molecule has 120 valence electrons. The summed E-state index contributed by atoms with van der Waals surface area (Å²) in [4.78, 5) is 23.0. The molecule has 5 nitrogen and oxygen atoms in total. The molecular weight excluding hydrogens is 306 g/mol. The second kappa shape index (κ2) is 6.87. The molecule has 0 aliphatic carbocycles. The molecule has 0 aliphatic rings. The molecular formula is C16H14F2N2O3. The molecule has 0 spiro atoms. The quantitative estimate of drug-likeness (QED) is 0.847. The molecule has 0 saturated heterocycles. The Kier molecular flexibility index (Phi) is 4.90. The minimum absolute atomic E-state index is 0.0352. The minimum atomic E-state index is -1.14. The van der Waals surface area contributed by atoms with E-state index in [1.165, 1.54) is 19.1 Å². The molecule has 0 unspecified atom stereocenters. The van der Waals surface area contributed by atoms with E-state index in [-0.39, 0.29) is 11.4 Å². The Hall–Kier alpha value is -2.96. The van der Waals surface area contributed by atoms with E-state index in [0.717, 1.165) is 12.1 Å². The second-order valence-corrected chi connectivity index (χ2v) is 4.76. The van der Waals surface area contributed by atoms with Crippen LogP contribution in [0.1, 0.15) is 18.4 Å². The molecule has 0 fully saturated rings. The molecule has 0 atom stereocenters. The highest BCUT2D eigenvalue weighted by Crippen LogP contribution is 2.25. The van der Waals surface area contributed by atoms with Crippen molar-refractivity contribution in [1.82, 2.24) is 0 Å². The molecule has 2 aromatic rings. The topological polar surface area (TPSA) is 71.3 Å². The van der Waals surface area contributed by atoms with Crippen LogP contribution in [0.3, 0.4) is 0 Å². The van der Waals surface area contributed by atoms with Crippen LogP contribution in [0, 0.1) is 18.6 Å². The van der Waals surface area contributed by atoms with Crippen LogP contribution in [0.15, 0.2) is 34.8 Å². The number of carbonyl (C=O) groups is 2. The molecule has 1 aromatic heterocycles. The van der Waals surface area contributed by atoms with Crippen LogP contribution in [0.4, 0.5) is 20.2 Å². The number of furan rings is 1. The smallest absolute Gasteiger partial charge is 0.248 e. The summed E-state index contributed by atoms with van der Waals surface area (Å²) < 4.78 is 31.8. The van der Waals surface area contributed by atoms with Gasteiger partial charge in [-0.15, -0.1) is 0 Å².